The molecule has 1 aromatic heterocycles. The highest BCUT2D eigenvalue weighted by Gasteiger charge is 2.48. The number of ether oxygens (including phenoxy) is 2. The Hall–Kier alpha value is -2.68. The molecule has 0 radical (unpaired) electrons. The SMILES string of the molecule is CC1(OC(=O)N2[C@H]3CC[C@H]2CC(COc2ncc(-c4ccc(S(C)(=O)=O)cc4)cn2)C3)CC1. The van der Waals surface area contributed by atoms with Gasteiger partial charge in [0.25, 0.3) is 0 Å². The van der Waals surface area contributed by atoms with Crippen LogP contribution in [-0.2, 0) is 14.6 Å². The smallest absolute Gasteiger partial charge is 0.410 e. The maximum absolute atomic E-state index is 12.6. The van der Waals surface area contributed by atoms with Crippen LogP contribution in [0, 0.1) is 5.92 Å². The van der Waals surface area contributed by atoms with Gasteiger partial charge < -0.3 is 14.4 Å². The fourth-order valence-electron chi connectivity index (χ4n) is 4.89. The number of sulfone groups is 1. The standard InChI is InChI=1S/C24H29N3O5S/c1-24(9-10-24)32-23(28)27-19-5-6-20(27)12-16(11-19)15-31-22-25-13-18(14-26-22)17-3-7-21(8-4-17)33(2,29)30/h3-4,7-8,13-14,16,19-20H,5-6,9-12,15H2,1-2H3/t19-,20-/m0/s1. The van der Waals surface area contributed by atoms with Crippen LogP contribution in [0.3, 0.4) is 0 Å². The summed E-state index contributed by atoms with van der Waals surface area (Å²) in [4.78, 5) is 23.5. The quantitative estimate of drug-likeness (QED) is 0.631. The molecule has 0 spiro atoms. The molecule has 3 heterocycles. The van der Waals surface area contributed by atoms with Gasteiger partial charge in [-0.05, 0) is 69.1 Å². The van der Waals surface area contributed by atoms with Crippen LogP contribution in [0.1, 0.15) is 45.4 Å². The Morgan fingerprint density at radius 2 is 1.67 bits per heavy atom. The van der Waals surface area contributed by atoms with Gasteiger partial charge in [0.15, 0.2) is 9.84 Å². The fraction of sp³-hybridized carbons (Fsp3) is 0.542. The molecule has 1 aliphatic carbocycles. The molecule has 2 bridgehead atoms. The van der Waals surface area contributed by atoms with Crippen molar-refractivity contribution in [2.24, 2.45) is 5.92 Å². The Labute approximate surface area is 194 Å². The Bertz CT molecular complexity index is 1120. The van der Waals surface area contributed by atoms with E-state index in [1.54, 1.807) is 36.7 Å². The summed E-state index contributed by atoms with van der Waals surface area (Å²) >= 11 is 0. The van der Waals surface area contributed by atoms with Crippen LogP contribution >= 0.6 is 0 Å². The summed E-state index contributed by atoms with van der Waals surface area (Å²) in [7, 11) is -3.22. The van der Waals surface area contributed by atoms with Gasteiger partial charge in [0.2, 0.25) is 0 Å². The normalized spacial score (nSPS) is 25.5. The van der Waals surface area contributed by atoms with E-state index in [9.17, 15) is 13.2 Å². The zero-order valence-electron chi connectivity index (χ0n) is 18.9. The van der Waals surface area contributed by atoms with E-state index in [4.69, 9.17) is 9.47 Å². The van der Waals surface area contributed by atoms with Crippen LogP contribution in [0.2, 0.25) is 0 Å². The molecule has 1 saturated carbocycles. The van der Waals surface area contributed by atoms with Gasteiger partial charge in [-0.15, -0.1) is 0 Å². The number of rotatable bonds is 6. The van der Waals surface area contributed by atoms with Gasteiger partial charge in [0.1, 0.15) is 5.60 Å². The van der Waals surface area contributed by atoms with E-state index in [0.717, 1.165) is 49.7 Å². The fourth-order valence-corrected chi connectivity index (χ4v) is 5.52. The van der Waals surface area contributed by atoms with E-state index in [0.29, 0.717) is 18.5 Å². The van der Waals surface area contributed by atoms with Crippen molar-refractivity contribution in [1.82, 2.24) is 14.9 Å². The number of piperidine rings is 1. The minimum absolute atomic E-state index is 0.148. The maximum Gasteiger partial charge on any atom is 0.410 e. The second kappa shape index (κ2) is 8.27. The number of fused-ring (bicyclic) bond motifs is 2. The average Bonchev–Trinajstić information content (AvgIpc) is 3.44. The van der Waals surface area contributed by atoms with Crippen molar-refractivity contribution >= 4 is 15.9 Å². The third-order valence-electron chi connectivity index (χ3n) is 7.02. The van der Waals surface area contributed by atoms with Gasteiger partial charge >= 0.3 is 12.1 Å². The lowest BCUT2D eigenvalue weighted by molar-refractivity contribution is 0.0216. The first-order chi connectivity index (χ1) is 15.7. The number of hydrogen-bond acceptors (Lipinski definition) is 7. The molecule has 8 nitrogen and oxygen atoms in total. The molecule has 1 aromatic carbocycles. The summed E-state index contributed by atoms with van der Waals surface area (Å²) in [6, 6.07) is 7.42. The molecule has 0 N–H and O–H groups in total. The molecular weight excluding hydrogens is 442 g/mol. The maximum atomic E-state index is 12.6. The van der Waals surface area contributed by atoms with Gasteiger partial charge in [-0.25, -0.2) is 23.2 Å². The van der Waals surface area contributed by atoms with E-state index < -0.39 is 9.84 Å². The predicted molar refractivity (Wildman–Crippen MR) is 122 cm³/mol. The number of hydrogen-bond donors (Lipinski definition) is 0. The lowest BCUT2D eigenvalue weighted by Gasteiger charge is -2.38. The lowest BCUT2D eigenvalue weighted by Crippen LogP contribution is -2.48. The van der Waals surface area contributed by atoms with Crippen molar-refractivity contribution in [3.8, 4) is 17.1 Å². The third-order valence-corrected chi connectivity index (χ3v) is 8.15. The van der Waals surface area contributed by atoms with E-state index in [1.165, 1.54) is 6.26 Å². The molecule has 9 heteroatoms. The number of amides is 1. The van der Waals surface area contributed by atoms with Gasteiger partial charge in [-0.1, -0.05) is 12.1 Å². The Kier molecular flexibility index (Phi) is 5.55. The molecule has 5 rings (SSSR count). The third kappa shape index (κ3) is 4.83. The number of nitrogens with zero attached hydrogens (tertiary/aromatic N) is 3. The summed E-state index contributed by atoms with van der Waals surface area (Å²) in [6.45, 7) is 2.53. The minimum atomic E-state index is -3.22. The van der Waals surface area contributed by atoms with Crippen LogP contribution in [0.5, 0.6) is 6.01 Å². The van der Waals surface area contributed by atoms with Crippen LogP contribution in [-0.4, -0.2) is 59.9 Å². The molecule has 2 aliphatic heterocycles. The second-order valence-electron chi connectivity index (χ2n) is 9.81. The van der Waals surface area contributed by atoms with Gasteiger partial charge in [0, 0.05) is 36.3 Å². The zero-order chi connectivity index (χ0) is 23.2. The van der Waals surface area contributed by atoms with E-state index in [2.05, 4.69) is 9.97 Å². The van der Waals surface area contributed by atoms with E-state index in [-0.39, 0.29) is 28.7 Å². The monoisotopic (exact) mass is 471 g/mol. The Morgan fingerprint density at radius 1 is 1.06 bits per heavy atom. The summed E-state index contributed by atoms with van der Waals surface area (Å²) < 4.78 is 34.8. The summed E-state index contributed by atoms with van der Waals surface area (Å²) in [5.41, 5.74) is 1.39. The Morgan fingerprint density at radius 3 is 2.21 bits per heavy atom. The van der Waals surface area contributed by atoms with E-state index >= 15 is 0 Å². The summed E-state index contributed by atoms with van der Waals surface area (Å²) in [6.07, 6.45) is 10.2. The first-order valence-electron chi connectivity index (χ1n) is 11.5. The van der Waals surface area contributed by atoms with Gasteiger partial charge in [-0.2, -0.15) is 0 Å². The molecule has 2 atom stereocenters. The zero-order valence-corrected chi connectivity index (χ0v) is 19.8. The molecular formula is C24H29N3O5S. The van der Waals surface area contributed by atoms with Crippen molar-refractivity contribution in [2.75, 3.05) is 12.9 Å². The molecule has 0 unspecified atom stereocenters. The first-order valence-corrected chi connectivity index (χ1v) is 13.4. The number of carbonyl (C=O) groups is 1. The van der Waals surface area contributed by atoms with Crippen molar-refractivity contribution in [3.05, 3.63) is 36.7 Å². The molecule has 176 valence electrons. The average molecular weight is 472 g/mol. The molecule has 2 aromatic rings. The van der Waals surface area contributed by atoms with E-state index in [1.807, 2.05) is 11.8 Å². The molecule has 1 amide bonds. The number of aromatic nitrogens is 2. The van der Waals surface area contributed by atoms with Crippen molar-refractivity contribution in [2.45, 2.75) is 68.0 Å². The lowest BCUT2D eigenvalue weighted by atomic mass is 9.92. The highest BCUT2D eigenvalue weighted by atomic mass is 32.2. The second-order valence-corrected chi connectivity index (χ2v) is 11.8. The highest BCUT2D eigenvalue weighted by Crippen LogP contribution is 2.43. The number of carbonyl (C=O) groups excluding carboxylic acids is 1. The molecule has 2 saturated heterocycles. The van der Waals surface area contributed by atoms with Crippen LogP contribution in [0.25, 0.3) is 11.1 Å². The van der Waals surface area contributed by atoms with Crippen LogP contribution in [0.4, 0.5) is 4.79 Å². The summed E-state index contributed by atoms with van der Waals surface area (Å²) in [5.74, 6) is 0.356. The molecule has 3 aliphatic rings. The topological polar surface area (TPSA) is 98.7 Å². The number of benzene rings is 1. The van der Waals surface area contributed by atoms with Crippen molar-refractivity contribution < 1.29 is 22.7 Å². The van der Waals surface area contributed by atoms with Crippen LogP contribution in [0.15, 0.2) is 41.6 Å². The molecule has 3 fully saturated rings. The largest absolute Gasteiger partial charge is 0.463 e. The first kappa shape index (κ1) is 22.1. The predicted octanol–water partition coefficient (Wildman–Crippen LogP) is 3.86. The Balaban J connectivity index is 1.15. The van der Waals surface area contributed by atoms with Gasteiger partial charge in [0.05, 0.1) is 11.5 Å². The highest BCUT2D eigenvalue weighted by molar-refractivity contribution is 7.90. The van der Waals surface area contributed by atoms with Gasteiger partial charge in [-0.3, -0.25) is 0 Å². The van der Waals surface area contributed by atoms with Crippen molar-refractivity contribution in [1.29, 1.82) is 0 Å². The molecule has 33 heavy (non-hydrogen) atoms. The minimum Gasteiger partial charge on any atom is -0.463 e. The van der Waals surface area contributed by atoms with Crippen LogP contribution < -0.4 is 4.74 Å². The summed E-state index contributed by atoms with van der Waals surface area (Å²) in [5, 5.41) is 0. The van der Waals surface area contributed by atoms with Crippen molar-refractivity contribution in [3.63, 3.8) is 0 Å².